The summed E-state index contributed by atoms with van der Waals surface area (Å²) in [5, 5.41) is 8.13. The lowest BCUT2D eigenvalue weighted by molar-refractivity contribution is 0.848. The molecule has 0 atom stereocenters. The second-order valence-electron chi connectivity index (χ2n) is 2.78. The summed E-state index contributed by atoms with van der Waals surface area (Å²) in [6.07, 6.45) is 5.76. The van der Waals surface area contributed by atoms with Crippen molar-refractivity contribution in [3.63, 3.8) is 0 Å². The Kier molecular flexibility index (Phi) is 3.66. The van der Waals surface area contributed by atoms with Gasteiger partial charge in [-0.2, -0.15) is 0 Å². The average Bonchev–Trinajstić information content (AvgIpc) is 2.84. The van der Waals surface area contributed by atoms with Crippen LogP contribution in [-0.2, 0) is 12.8 Å². The fraction of sp³-hybridized carbons (Fsp3) is 0.375. The van der Waals surface area contributed by atoms with Crippen LogP contribution in [0.2, 0.25) is 0 Å². The largest absolute Gasteiger partial charge is 0.337 e. The zero-order valence-corrected chi connectivity index (χ0v) is 10.8. The molecule has 0 radical (unpaired) electrons. The fourth-order valence-corrected chi connectivity index (χ4v) is 3.44. The van der Waals surface area contributed by atoms with Crippen LogP contribution in [0.3, 0.4) is 0 Å². The molecule has 0 bridgehead atoms. The highest BCUT2D eigenvalue weighted by molar-refractivity contribution is 8.02. The Morgan fingerprint density at radius 1 is 1.40 bits per heavy atom. The van der Waals surface area contributed by atoms with E-state index >= 15 is 0 Å². The van der Waals surface area contributed by atoms with Crippen molar-refractivity contribution in [2.75, 3.05) is 6.26 Å². The number of aryl methyl sites for hydroxylation is 1. The average molecular weight is 258 g/mol. The summed E-state index contributed by atoms with van der Waals surface area (Å²) in [5.74, 6) is 1.90. The van der Waals surface area contributed by atoms with Crippen molar-refractivity contribution >= 4 is 34.9 Å². The van der Waals surface area contributed by atoms with Gasteiger partial charge in [-0.1, -0.05) is 34.9 Å². The van der Waals surface area contributed by atoms with E-state index in [-0.39, 0.29) is 0 Å². The quantitative estimate of drug-likeness (QED) is 0.787. The van der Waals surface area contributed by atoms with Gasteiger partial charge in [-0.3, -0.25) is 0 Å². The predicted molar refractivity (Wildman–Crippen MR) is 64.5 cm³/mol. The van der Waals surface area contributed by atoms with Gasteiger partial charge in [0.1, 0.15) is 5.82 Å². The van der Waals surface area contributed by atoms with Crippen molar-refractivity contribution in [2.24, 2.45) is 7.05 Å². The van der Waals surface area contributed by atoms with E-state index in [1.807, 2.05) is 30.3 Å². The Labute approximate surface area is 101 Å². The van der Waals surface area contributed by atoms with Gasteiger partial charge in [0.2, 0.25) is 0 Å². The van der Waals surface area contributed by atoms with Gasteiger partial charge in [0, 0.05) is 19.4 Å². The van der Waals surface area contributed by atoms with Crippen molar-refractivity contribution in [1.82, 2.24) is 19.7 Å². The maximum atomic E-state index is 4.25. The van der Waals surface area contributed by atoms with Crippen LogP contribution in [0.5, 0.6) is 0 Å². The van der Waals surface area contributed by atoms with Gasteiger partial charge in [-0.15, -0.1) is 10.2 Å². The van der Waals surface area contributed by atoms with Gasteiger partial charge in [0.15, 0.2) is 8.68 Å². The number of imidazole rings is 1. The van der Waals surface area contributed by atoms with E-state index in [9.17, 15) is 0 Å². The van der Waals surface area contributed by atoms with E-state index in [4.69, 9.17) is 0 Å². The van der Waals surface area contributed by atoms with Crippen LogP contribution >= 0.6 is 34.9 Å². The lowest BCUT2D eigenvalue weighted by atomic mass is 10.7. The smallest absolute Gasteiger partial charge is 0.175 e. The van der Waals surface area contributed by atoms with Crippen LogP contribution in [0.1, 0.15) is 5.82 Å². The zero-order chi connectivity index (χ0) is 10.7. The highest BCUT2D eigenvalue weighted by atomic mass is 32.2. The van der Waals surface area contributed by atoms with E-state index in [1.54, 1.807) is 34.9 Å². The van der Waals surface area contributed by atoms with E-state index in [1.165, 1.54) is 0 Å². The van der Waals surface area contributed by atoms with E-state index < -0.39 is 0 Å². The molecule has 0 aliphatic heterocycles. The second kappa shape index (κ2) is 5.00. The Morgan fingerprint density at radius 3 is 2.80 bits per heavy atom. The lowest BCUT2D eigenvalue weighted by Gasteiger charge is -1.97. The van der Waals surface area contributed by atoms with Crippen molar-refractivity contribution in [3.05, 3.63) is 18.2 Å². The Hall–Kier alpha value is -0.530. The topological polar surface area (TPSA) is 43.6 Å². The molecule has 4 nitrogen and oxygen atoms in total. The number of nitrogens with zero attached hydrogens (tertiary/aromatic N) is 4. The van der Waals surface area contributed by atoms with Gasteiger partial charge >= 0.3 is 0 Å². The molecule has 2 aromatic rings. The van der Waals surface area contributed by atoms with Crippen LogP contribution in [0, 0.1) is 0 Å². The molecule has 0 aliphatic rings. The third-order valence-electron chi connectivity index (χ3n) is 1.81. The lowest BCUT2D eigenvalue weighted by Crippen LogP contribution is -1.93. The Bertz CT molecular complexity index is 437. The summed E-state index contributed by atoms with van der Waals surface area (Å²) in [6.45, 7) is 0. The van der Waals surface area contributed by atoms with E-state index in [0.29, 0.717) is 0 Å². The summed E-state index contributed by atoms with van der Waals surface area (Å²) in [6, 6.07) is 0. The molecule has 7 heteroatoms. The second-order valence-corrected chi connectivity index (χ2v) is 6.03. The summed E-state index contributed by atoms with van der Waals surface area (Å²) in [5.41, 5.74) is 0. The number of thioether (sulfide) groups is 2. The molecular formula is C8H10N4S3. The van der Waals surface area contributed by atoms with Crippen LogP contribution in [0.15, 0.2) is 21.1 Å². The maximum absolute atomic E-state index is 4.25. The molecule has 0 N–H and O–H groups in total. The molecule has 0 aliphatic carbocycles. The first-order valence-electron chi connectivity index (χ1n) is 4.26. The Balaban J connectivity index is 1.96. The minimum atomic E-state index is 0.840. The van der Waals surface area contributed by atoms with Gasteiger partial charge in [0.05, 0.1) is 5.75 Å². The molecule has 2 aromatic heterocycles. The molecule has 0 saturated heterocycles. The van der Waals surface area contributed by atoms with Crippen molar-refractivity contribution < 1.29 is 0 Å². The van der Waals surface area contributed by atoms with E-state index in [2.05, 4.69) is 15.2 Å². The highest BCUT2D eigenvalue weighted by Crippen LogP contribution is 2.28. The monoisotopic (exact) mass is 258 g/mol. The Morgan fingerprint density at radius 2 is 2.20 bits per heavy atom. The van der Waals surface area contributed by atoms with Gasteiger partial charge < -0.3 is 4.57 Å². The van der Waals surface area contributed by atoms with Gasteiger partial charge in [-0.05, 0) is 6.26 Å². The molecule has 0 aromatic carbocycles. The van der Waals surface area contributed by atoms with Crippen LogP contribution in [-0.4, -0.2) is 26.0 Å². The first-order chi connectivity index (χ1) is 7.29. The molecule has 2 heterocycles. The van der Waals surface area contributed by atoms with Crippen molar-refractivity contribution in [2.45, 2.75) is 14.4 Å². The molecule has 0 spiro atoms. The van der Waals surface area contributed by atoms with E-state index in [0.717, 1.165) is 20.3 Å². The third-order valence-corrected chi connectivity index (χ3v) is 4.84. The molecule has 0 fully saturated rings. The van der Waals surface area contributed by atoms with Gasteiger partial charge in [-0.25, -0.2) is 4.98 Å². The third kappa shape index (κ3) is 2.73. The summed E-state index contributed by atoms with van der Waals surface area (Å²) in [7, 11) is 2.00. The van der Waals surface area contributed by atoms with Gasteiger partial charge in [0.25, 0.3) is 0 Å². The number of aromatic nitrogens is 4. The molecule has 15 heavy (non-hydrogen) atoms. The fourth-order valence-electron chi connectivity index (χ4n) is 1.000. The zero-order valence-electron chi connectivity index (χ0n) is 8.38. The van der Waals surface area contributed by atoms with Crippen molar-refractivity contribution in [3.8, 4) is 0 Å². The minimum Gasteiger partial charge on any atom is -0.337 e. The summed E-state index contributed by atoms with van der Waals surface area (Å²) in [4.78, 5) is 4.25. The number of hydrogen-bond acceptors (Lipinski definition) is 6. The maximum Gasteiger partial charge on any atom is 0.175 e. The first-order valence-corrected chi connectivity index (χ1v) is 7.29. The summed E-state index contributed by atoms with van der Waals surface area (Å²) < 4.78 is 4.03. The number of hydrogen-bond donors (Lipinski definition) is 0. The first kappa shape index (κ1) is 11.0. The van der Waals surface area contributed by atoms with Crippen LogP contribution in [0.4, 0.5) is 0 Å². The number of rotatable bonds is 4. The molecule has 0 amide bonds. The summed E-state index contributed by atoms with van der Waals surface area (Å²) >= 11 is 4.93. The molecule has 0 saturated carbocycles. The SMILES string of the molecule is CSc1nnc(SCc2nccn2C)s1. The molecule has 80 valence electrons. The van der Waals surface area contributed by atoms with Crippen molar-refractivity contribution in [1.29, 1.82) is 0 Å². The van der Waals surface area contributed by atoms with Crippen LogP contribution < -0.4 is 0 Å². The molecular weight excluding hydrogens is 248 g/mol. The highest BCUT2D eigenvalue weighted by Gasteiger charge is 2.05. The van der Waals surface area contributed by atoms with Crippen LogP contribution in [0.25, 0.3) is 0 Å². The standard InChI is InChI=1S/C8H10N4S3/c1-12-4-3-9-6(12)5-14-8-11-10-7(13-2)15-8/h3-4H,5H2,1-2H3. The molecule has 0 unspecified atom stereocenters. The predicted octanol–water partition coefficient (Wildman–Crippen LogP) is 2.29. The minimum absolute atomic E-state index is 0.840. The normalized spacial score (nSPS) is 10.8. The molecule has 2 rings (SSSR count).